The molecular weight excluding hydrogens is 200 g/mol. The first kappa shape index (κ1) is 10.2. The van der Waals surface area contributed by atoms with Gasteiger partial charge in [0.25, 0.3) is 0 Å². The normalized spacial score (nSPS) is 12.3. The van der Waals surface area contributed by atoms with Crippen LogP contribution in [0.15, 0.2) is 48.4 Å². The molecule has 0 fully saturated rings. The molecule has 2 rings (SSSR count). The predicted octanol–water partition coefficient (Wildman–Crippen LogP) is 4.54. The quantitative estimate of drug-likeness (QED) is 0.703. The Bertz CT molecular complexity index is 423. The fourth-order valence-corrected chi connectivity index (χ4v) is 2.43. The largest absolute Gasteiger partial charge is 0.148 e. The molecule has 0 aliphatic rings. The summed E-state index contributed by atoms with van der Waals surface area (Å²) < 4.78 is 0. The molecule has 0 aliphatic heterocycles. The van der Waals surface area contributed by atoms with Crippen molar-refractivity contribution in [2.75, 3.05) is 0 Å². The zero-order valence-electron chi connectivity index (χ0n) is 8.81. The third-order valence-corrected chi connectivity index (χ3v) is 3.70. The van der Waals surface area contributed by atoms with E-state index in [-0.39, 0.29) is 0 Å². The molecule has 0 saturated carbocycles. The second kappa shape index (κ2) is 4.45. The van der Waals surface area contributed by atoms with Crippen LogP contribution in [-0.4, -0.2) is 0 Å². The smallest absolute Gasteiger partial charge is 0.0155 e. The average molecular weight is 214 g/mol. The maximum absolute atomic E-state index is 3.76. The molecule has 0 spiro atoms. The van der Waals surface area contributed by atoms with Gasteiger partial charge in [-0.15, -0.1) is 11.3 Å². The lowest BCUT2D eigenvalue weighted by atomic mass is 9.98. The third-order valence-electron chi connectivity index (χ3n) is 2.64. The molecular formula is C14H14S. The van der Waals surface area contributed by atoms with Gasteiger partial charge in [-0.2, -0.15) is 0 Å². The van der Waals surface area contributed by atoms with Crippen LogP contribution in [0.1, 0.15) is 28.8 Å². The minimum atomic E-state index is 0.490. The molecule has 1 heteroatoms. The molecule has 76 valence electrons. The van der Waals surface area contributed by atoms with Crippen molar-refractivity contribution in [2.24, 2.45) is 0 Å². The molecule has 0 nitrogen and oxygen atoms in total. The Morgan fingerprint density at radius 1 is 1.20 bits per heavy atom. The van der Waals surface area contributed by atoms with Gasteiger partial charge in [-0.25, -0.2) is 0 Å². The Morgan fingerprint density at radius 3 is 2.47 bits per heavy atom. The molecule has 2 aromatic rings. The molecule has 0 N–H and O–H groups in total. The van der Waals surface area contributed by atoms with Gasteiger partial charge in [-0.3, -0.25) is 0 Å². The molecule has 1 unspecified atom stereocenters. The van der Waals surface area contributed by atoms with E-state index in [4.69, 9.17) is 0 Å². The summed E-state index contributed by atoms with van der Waals surface area (Å²) in [7, 11) is 0. The lowest BCUT2D eigenvalue weighted by molar-refractivity contribution is 0.947. The van der Waals surface area contributed by atoms with E-state index in [1.165, 1.54) is 16.0 Å². The molecule has 0 aliphatic carbocycles. The minimum Gasteiger partial charge on any atom is -0.148 e. The van der Waals surface area contributed by atoms with Gasteiger partial charge in [0.1, 0.15) is 0 Å². The SMILES string of the molecule is C=Cc1ccc(C(C)c2cccs2)cc1. The van der Waals surface area contributed by atoms with E-state index in [9.17, 15) is 0 Å². The van der Waals surface area contributed by atoms with E-state index in [1.54, 1.807) is 0 Å². The van der Waals surface area contributed by atoms with Crippen LogP contribution in [0.25, 0.3) is 6.08 Å². The van der Waals surface area contributed by atoms with Crippen molar-refractivity contribution in [1.82, 2.24) is 0 Å². The van der Waals surface area contributed by atoms with Crippen LogP contribution >= 0.6 is 11.3 Å². The van der Waals surface area contributed by atoms with Crippen molar-refractivity contribution in [3.05, 3.63) is 64.4 Å². The number of hydrogen-bond donors (Lipinski definition) is 0. The summed E-state index contributed by atoms with van der Waals surface area (Å²) in [5, 5.41) is 2.13. The fourth-order valence-electron chi connectivity index (χ4n) is 1.62. The molecule has 0 saturated heterocycles. The highest BCUT2D eigenvalue weighted by Crippen LogP contribution is 2.27. The van der Waals surface area contributed by atoms with Crippen LogP contribution in [0.4, 0.5) is 0 Å². The monoisotopic (exact) mass is 214 g/mol. The van der Waals surface area contributed by atoms with Gasteiger partial charge < -0.3 is 0 Å². The minimum absolute atomic E-state index is 0.490. The third kappa shape index (κ3) is 2.18. The van der Waals surface area contributed by atoms with Gasteiger partial charge >= 0.3 is 0 Å². The highest BCUT2D eigenvalue weighted by atomic mass is 32.1. The summed E-state index contributed by atoms with van der Waals surface area (Å²) >= 11 is 1.82. The summed E-state index contributed by atoms with van der Waals surface area (Å²) in [6.45, 7) is 6.00. The number of benzene rings is 1. The van der Waals surface area contributed by atoms with Gasteiger partial charge in [0.2, 0.25) is 0 Å². The van der Waals surface area contributed by atoms with Crippen molar-refractivity contribution in [3.8, 4) is 0 Å². The Kier molecular flexibility index (Phi) is 3.02. The lowest BCUT2D eigenvalue weighted by Gasteiger charge is -2.09. The first-order chi connectivity index (χ1) is 7.31. The van der Waals surface area contributed by atoms with Crippen molar-refractivity contribution in [1.29, 1.82) is 0 Å². The van der Waals surface area contributed by atoms with Gasteiger partial charge in [-0.1, -0.05) is 49.9 Å². The van der Waals surface area contributed by atoms with E-state index in [1.807, 2.05) is 17.4 Å². The zero-order valence-corrected chi connectivity index (χ0v) is 9.63. The van der Waals surface area contributed by atoms with Gasteiger partial charge in [0, 0.05) is 10.8 Å². The number of thiophene rings is 1. The molecule has 0 radical (unpaired) electrons. The molecule has 1 aromatic heterocycles. The maximum Gasteiger partial charge on any atom is 0.0155 e. The summed E-state index contributed by atoms with van der Waals surface area (Å²) in [5.74, 6) is 0.490. The van der Waals surface area contributed by atoms with Crippen LogP contribution in [-0.2, 0) is 0 Å². The summed E-state index contributed by atoms with van der Waals surface area (Å²) in [5.41, 5.74) is 2.54. The van der Waals surface area contributed by atoms with Crippen LogP contribution in [0.2, 0.25) is 0 Å². The van der Waals surface area contributed by atoms with Crippen molar-refractivity contribution >= 4 is 17.4 Å². The standard InChI is InChI=1S/C14H14S/c1-3-12-6-8-13(9-7-12)11(2)14-5-4-10-15-14/h3-11H,1H2,2H3. The second-order valence-corrected chi connectivity index (χ2v) is 4.59. The van der Waals surface area contributed by atoms with Crippen LogP contribution in [0.3, 0.4) is 0 Å². The average Bonchev–Trinajstić information content (AvgIpc) is 2.82. The van der Waals surface area contributed by atoms with E-state index in [2.05, 4.69) is 55.3 Å². The highest BCUT2D eigenvalue weighted by molar-refractivity contribution is 7.10. The van der Waals surface area contributed by atoms with Crippen molar-refractivity contribution in [2.45, 2.75) is 12.8 Å². The highest BCUT2D eigenvalue weighted by Gasteiger charge is 2.08. The van der Waals surface area contributed by atoms with Gasteiger partial charge in [0.15, 0.2) is 0 Å². The predicted molar refractivity (Wildman–Crippen MR) is 68.4 cm³/mol. The number of rotatable bonds is 3. The summed E-state index contributed by atoms with van der Waals surface area (Å²) in [6.07, 6.45) is 1.87. The Hall–Kier alpha value is -1.34. The molecule has 0 bridgehead atoms. The summed E-state index contributed by atoms with van der Waals surface area (Å²) in [6, 6.07) is 12.9. The first-order valence-corrected chi connectivity index (χ1v) is 5.95. The molecule has 1 aromatic carbocycles. The maximum atomic E-state index is 3.76. The zero-order chi connectivity index (χ0) is 10.7. The number of hydrogen-bond acceptors (Lipinski definition) is 1. The van der Waals surface area contributed by atoms with Gasteiger partial charge in [0.05, 0.1) is 0 Å². The van der Waals surface area contributed by atoms with Crippen LogP contribution in [0, 0.1) is 0 Å². The van der Waals surface area contributed by atoms with E-state index in [0.29, 0.717) is 5.92 Å². The molecule has 1 atom stereocenters. The Labute approximate surface area is 94.9 Å². The fraction of sp³-hybridized carbons (Fsp3) is 0.143. The molecule has 1 heterocycles. The van der Waals surface area contributed by atoms with E-state index < -0.39 is 0 Å². The summed E-state index contributed by atoms with van der Waals surface area (Å²) in [4.78, 5) is 1.42. The van der Waals surface area contributed by atoms with Crippen molar-refractivity contribution in [3.63, 3.8) is 0 Å². The second-order valence-electron chi connectivity index (χ2n) is 3.61. The van der Waals surface area contributed by atoms with Gasteiger partial charge in [-0.05, 0) is 22.6 Å². The topological polar surface area (TPSA) is 0 Å². The molecule has 15 heavy (non-hydrogen) atoms. The van der Waals surface area contributed by atoms with Crippen LogP contribution in [0.5, 0.6) is 0 Å². The lowest BCUT2D eigenvalue weighted by Crippen LogP contribution is -1.92. The Morgan fingerprint density at radius 2 is 1.93 bits per heavy atom. The van der Waals surface area contributed by atoms with Crippen LogP contribution < -0.4 is 0 Å². The Balaban J connectivity index is 2.26. The van der Waals surface area contributed by atoms with Crippen molar-refractivity contribution < 1.29 is 0 Å². The van der Waals surface area contributed by atoms with E-state index in [0.717, 1.165) is 0 Å². The first-order valence-electron chi connectivity index (χ1n) is 5.07. The van der Waals surface area contributed by atoms with E-state index >= 15 is 0 Å². The molecule has 0 amide bonds.